The van der Waals surface area contributed by atoms with Gasteiger partial charge in [-0.1, -0.05) is 38.1 Å². The Balaban J connectivity index is 2.14. The highest BCUT2D eigenvalue weighted by molar-refractivity contribution is 6.14. The summed E-state index contributed by atoms with van der Waals surface area (Å²) in [5, 5.41) is 8.29. The lowest BCUT2D eigenvalue weighted by atomic mass is 9.90. The van der Waals surface area contributed by atoms with Gasteiger partial charge < -0.3 is 16.0 Å². The fourth-order valence-corrected chi connectivity index (χ4v) is 2.66. The molecule has 0 aromatic heterocycles. The quantitative estimate of drug-likeness (QED) is 0.649. The van der Waals surface area contributed by atoms with Crippen LogP contribution in [0.5, 0.6) is 0 Å². The van der Waals surface area contributed by atoms with Crippen molar-refractivity contribution in [3.63, 3.8) is 0 Å². The van der Waals surface area contributed by atoms with Gasteiger partial charge >= 0.3 is 0 Å². The molecular formula is C22H27N3O3. The summed E-state index contributed by atoms with van der Waals surface area (Å²) >= 11 is 0. The van der Waals surface area contributed by atoms with Gasteiger partial charge in [0.15, 0.2) is 0 Å². The zero-order valence-corrected chi connectivity index (χ0v) is 16.9. The molecule has 0 aliphatic rings. The van der Waals surface area contributed by atoms with Crippen molar-refractivity contribution in [2.75, 3.05) is 16.0 Å². The van der Waals surface area contributed by atoms with Crippen molar-refractivity contribution in [1.29, 1.82) is 0 Å². The first-order valence-corrected chi connectivity index (χ1v) is 9.20. The minimum absolute atomic E-state index is 0.202. The molecule has 0 bridgehead atoms. The van der Waals surface area contributed by atoms with Crippen LogP contribution in [0.25, 0.3) is 0 Å². The number of nitrogens with one attached hydrogen (secondary N) is 3. The molecule has 148 valence electrons. The highest BCUT2D eigenvalue weighted by atomic mass is 16.2. The van der Waals surface area contributed by atoms with E-state index in [1.807, 2.05) is 38.1 Å². The molecule has 0 heterocycles. The molecule has 0 saturated carbocycles. The number of carbonyl (C=O) groups excluding carboxylic acids is 3. The Bertz CT molecular complexity index is 888. The minimum atomic E-state index is -1.30. The van der Waals surface area contributed by atoms with Crippen LogP contribution >= 0.6 is 0 Å². The highest BCUT2D eigenvalue weighted by Crippen LogP contribution is 2.27. The van der Waals surface area contributed by atoms with Crippen molar-refractivity contribution in [3.8, 4) is 0 Å². The number of benzene rings is 2. The largest absolute Gasteiger partial charge is 0.326 e. The lowest BCUT2D eigenvalue weighted by Crippen LogP contribution is -2.41. The summed E-state index contributed by atoms with van der Waals surface area (Å²) in [5.41, 5.74) is 1.48. The van der Waals surface area contributed by atoms with Gasteiger partial charge in [0.2, 0.25) is 17.7 Å². The summed E-state index contributed by atoms with van der Waals surface area (Å²) in [6.07, 6.45) is 0. The molecule has 0 spiro atoms. The molecule has 3 N–H and O–H groups in total. The minimum Gasteiger partial charge on any atom is -0.326 e. The molecular weight excluding hydrogens is 354 g/mol. The maximum Gasteiger partial charge on any atom is 0.239 e. The fraction of sp³-hybridized carbons (Fsp3) is 0.318. The molecule has 3 amide bonds. The Hall–Kier alpha value is -3.15. The molecule has 0 unspecified atom stereocenters. The van der Waals surface area contributed by atoms with Crippen LogP contribution in [0.4, 0.5) is 17.1 Å². The molecule has 6 nitrogen and oxygen atoms in total. The first kappa shape index (κ1) is 21.2. The fourth-order valence-electron chi connectivity index (χ4n) is 2.66. The van der Waals surface area contributed by atoms with Crippen LogP contribution in [0.15, 0.2) is 48.5 Å². The topological polar surface area (TPSA) is 87.3 Å². The van der Waals surface area contributed by atoms with Gasteiger partial charge in [-0.25, -0.2) is 0 Å². The number of rotatable bonds is 6. The molecule has 2 aromatic rings. The van der Waals surface area contributed by atoms with E-state index in [0.29, 0.717) is 17.1 Å². The highest BCUT2D eigenvalue weighted by Gasteiger charge is 2.36. The maximum atomic E-state index is 12.8. The van der Waals surface area contributed by atoms with Crippen molar-refractivity contribution in [2.24, 2.45) is 5.41 Å². The van der Waals surface area contributed by atoms with Crippen molar-refractivity contribution in [1.82, 2.24) is 0 Å². The van der Waals surface area contributed by atoms with Crippen LogP contribution in [0.3, 0.4) is 0 Å². The van der Waals surface area contributed by atoms with E-state index in [1.54, 1.807) is 38.1 Å². The third-order valence-electron chi connectivity index (χ3n) is 4.41. The number of hydrogen-bond acceptors (Lipinski definition) is 3. The number of carbonyl (C=O) groups is 3. The van der Waals surface area contributed by atoms with Crippen molar-refractivity contribution < 1.29 is 14.4 Å². The van der Waals surface area contributed by atoms with Crippen LogP contribution < -0.4 is 16.0 Å². The zero-order chi connectivity index (χ0) is 20.9. The van der Waals surface area contributed by atoms with E-state index in [2.05, 4.69) is 16.0 Å². The molecule has 2 aromatic carbocycles. The Labute approximate surface area is 165 Å². The van der Waals surface area contributed by atoms with Gasteiger partial charge in [-0.15, -0.1) is 0 Å². The van der Waals surface area contributed by atoms with Crippen LogP contribution in [-0.2, 0) is 14.4 Å². The Morgan fingerprint density at radius 2 is 1.39 bits per heavy atom. The van der Waals surface area contributed by atoms with Crippen LogP contribution in [-0.4, -0.2) is 17.7 Å². The molecule has 0 radical (unpaired) electrons. The summed E-state index contributed by atoms with van der Waals surface area (Å²) in [7, 11) is 0. The second-order valence-corrected chi connectivity index (χ2v) is 7.54. The summed E-state index contributed by atoms with van der Waals surface area (Å²) in [6.45, 7) is 8.66. The SMILES string of the molecule is CC(=O)Nc1cccc(NC(=O)C(C)(C)C(=O)Nc2ccccc2C(C)C)c1. The number of para-hydroxylation sites is 1. The average Bonchev–Trinajstić information content (AvgIpc) is 2.61. The van der Waals surface area contributed by atoms with Crippen LogP contribution in [0.1, 0.15) is 46.1 Å². The molecule has 28 heavy (non-hydrogen) atoms. The van der Waals surface area contributed by atoms with Crippen molar-refractivity contribution in [2.45, 2.75) is 40.5 Å². The monoisotopic (exact) mass is 381 g/mol. The van der Waals surface area contributed by atoms with E-state index in [0.717, 1.165) is 5.56 Å². The normalized spacial score (nSPS) is 11.1. The van der Waals surface area contributed by atoms with Crippen LogP contribution in [0, 0.1) is 5.41 Å². The second kappa shape index (κ2) is 8.69. The third-order valence-corrected chi connectivity index (χ3v) is 4.41. The molecule has 6 heteroatoms. The van der Waals surface area contributed by atoms with Crippen molar-refractivity contribution >= 4 is 34.8 Å². The maximum absolute atomic E-state index is 12.8. The standard InChI is InChI=1S/C22H27N3O3/c1-14(2)18-11-6-7-12-19(18)25-21(28)22(4,5)20(27)24-17-10-8-9-16(13-17)23-15(3)26/h6-14H,1-5H3,(H,23,26)(H,24,27)(H,25,28). The lowest BCUT2D eigenvalue weighted by Gasteiger charge is -2.24. The summed E-state index contributed by atoms with van der Waals surface area (Å²) < 4.78 is 0. The molecule has 0 atom stereocenters. The first-order valence-electron chi connectivity index (χ1n) is 9.20. The first-order chi connectivity index (χ1) is 13.1. The van der Waals surface area contributed by atoms with E-state index in [1.165, 1.54) is 6.92 Å². The molecule has 0 aliphatic carbocycles. The van der Waals surface area contributed by atoms with Gasteiger partial charge in [-0.3, -0.25) is 14.4 Å². The molecule has 2 rings (SSSR count). The summed E-state index contributed by atoms with van der Waals surface area (Å²) in [6, 6.07) is 14.3. The molecule has 0 aliphatic heterocycles. The Kier molecular flexibility index (Phi) is 6.57. The van der Waals surface area contributed by atoms with Gasteiger partial charge in [-0.05, 0) is 49.6 Å². The van der Waals surface area contributed by atoms with E-state index in [9.17, 15) is 14.4 Å². The van der Waals surface area contributed by atoms with Gasteiger partial charge in [0.25, 0.3) is 0 Å². The number of amides is 3. The summed E-state index contributed by atoms with van der Waals surface area (Å²) in [4.78, 5) is 36.8. The average molecular weight is 381 g/mol. The second-order valence-electron chi connectivity index (χ2n) is 7.54. The van der Waals surface area contributed by atoms with E-state index in [-0.39, 0.29) is 11.8 Å². The predicted octanol–water partition coefficient (Wildman–Crippen LogP) is 4.37. The smallest absolute Gasteiger partial charge is 0.239 e. The Morgan fingerprint density at radius 3 is 2.00 bits per heavy atom. The molecule has 0 saturated heterocycles. The van der Waals surface area contributed by atoms with Crippen LogP contribution in [0.2, 0.25) is 0 Å². The Morgan fingerprint density at radius 1 is 0.821 bits per heavy atom. The van der Waals surface area contributed by atoms with Gasteiger partial charge in [0.1, 0.15) is 5.41 Å². The van der Waals surface area contributed by atoms with Gasteiger partial charge in [0.05, 0.1) is 0 Å². The third kappa shape index (κ3) is 5.19. The number of hydrogen-bond donors (Lipinski definition) is 3. The zero-order valence-electron chi connectivity index (χ0n) is 16.9. The van der Waals surface area contributed by atoms with E-state index in [4.69, 9.17) is 0 Å². The molecule has 0 fully saturated rings. The van der Waals surface area contributed by atoms with Gasteiger partial charge in [-0.2, -0.15) is 0 Å². The summed E-state index contributed by atoms with van der Waals surface area (Å²) in [5.74, 6) is -0.792. The predicted molar refractivity (Wildman–Crippen MR) is 112 cm³/mol. The van der Waals surface area contributed by atoms with Crippen molar-refractivity contribution in [3.05, 3.63) is 54.1 Å². The van der Waals surface area contributed by atoms with E-state index >= 15 is 0 Å². The van der Waals surface area contributed by atoms with E-state index < -0.39 is 17.2 Å². The lowest BCUT2D eigenvalue weighted by molar-refractivity contribution is -0.135. The number of anilines is 3. The van der Waals surface area contributed by atoms with Gasteiger partial charge in [0, 0.05) is 24.0 Å².